The maximum atomic E-state index is 12.6. The minimum atomic E-state index is -0.247. The molecular weight excluding hydrogens is 396 g/mol. The summed E-state index contributed by atoms with van der Waals surface area (Å²) in [5, 5.41) is 11.8. The summed E-state index contributed by atoms with van der Waals surface area (Å²) < 4.78 is 7.68. The minimum Gasteiger partial charge on any atom is -0.365 e. The second kappa shape index (κ2) is 8.34. The molecular formula is C20H19ClN4O2S. The number of thioether (sulfide) groups is 1. The Morgan fingerprint density at radius 2 is 2.00 bits per heavy atom. The van der Waals surface area contributed by atoms with E-state index >= 15 is 0 Å². The fraction of sp³-hybridized carbons (Fsp3) is 0.250. The van der Waals surface area contributed by atoms with Crippen LogP contribution in [0.25, 0.3) is 0 Å². The van der Waals surface area contributed by atoms with Crippen LogP contribution in [0.5, 0.6) is 0 Å². The number of fused-ring (bicyclic) bond motifs is 1. The number of hydrogen-bond donors (Lipinski definition) is 1. The zero-order chi connectivity index (χ0) is 19.5. The highest BCUT2D eigenvalue weighted by Gasteiger charge is 2.27. The number of carbonyl (C=O) groups is 1. The number of hydrogen-bond acceptors (Lipinski definition) is 5. The van der Waals surface area contributed by atoms with Gasteiger partial charge in [0.15, 0.2) is 5.69 Å². The van der Waals surface area contributed by atoms with Gasteiger partial charge in [-0.1, -0.05) is 41.1 Å². The molecule has 4 rings (SSSR count). The van der Waals surface area contributed by atoms with Crippen molar-refractivity contribution >= 4 is 29.3 Å². The highest BCUT2D eigenvalue weighted by molar-refractivity contribution is 7.98. The highest BCUT2D eigenvalue weighted by Crippen LogP contribution is 2.27. The molecule has 0 radical (unpaired) electrons. The van der Waals surface area contributed by atoms with Crippen LogP contribution in [0.15, 0.2) is 53.4 Å². The van der Waals surface area contributed by atoms with Gasteiger partial charge >= 0.3 is 0 Å². The lowest BCUT2D eigenvalue weighted by Gasteiger charge is -2.24. The first-order valence-corrected chi connectivity index (χ1v) is 10.4. The van der Waals surface area contributed by atoms with E-state index in [1.165, 1.54) is 4.90 Å². The smallest absolute Gasteiger partial charge is 0.274 e. The maximum absolute atomic E-state index is 12.6. The molecule has 6 nitrogen and oxygen atoms in total. The van der Waals surface area contributed by atoms with Crippen molar-refractivity contribution in [3.05, 3.63) is 76.1 Å². The van der Waals surface area contributed by atoms with Crippen LogP contribution in [-0.4, -0.2) is 27.2 Å². The third-order valence-electron chi connectivity index (χ3n) is 4.67. The van der Waals surface area contributed by atoms with E-state index in [9.17, 15) is 4.79 Å². The summed E-state index contributed by atoms with van der Waals surface area (Å²) in [5.74, 6) is -0.247. The SMILES string of the molecule is CSc1ccc(CNC(=O)c2nnn3c2CO[C@H](c2ccc(Cl)cc2)C3)cc1. The first-order chi connectivity index (χ1) is 13.6. The van der Waals surface area contributed by atoms with E-state index in [4.69, 9.17) is 16.3 Å². The predicted molar refractivity (Wildman–Crippen MR) is 108 cm³/mol. The molecule has 1 aliphatic rings. The molecule has 28 heavy (non-hydrogen) atoms. The van der Waals surface area contributed by atoms with Crippen molar-refractivity contribution in [3.63, 3.8) is 0 Å². The normalized spacial score (nSPS) is 15.9. The zero-order valence-electron chi connectivity index (χ0n) is 15.3. The van der Waals surface area contributed by atoms with Crippen molar-refractivity contribution in [2.45, 2.75) is 30.7 Å². The van der Waals surface area contributed by atoms with Gasteiger partial charge in [-0.3, -0.25) is 4.79 Å². The van der Waals surface area contributed by atoms with Gasteiger partial charge in [0.05, 0.1) is 18.8 Å². The fourth-order valence-corrected chi connectivity index (χ4v) is 3.61. The van der Waals surface area contributed by atoms with Crippen LogP contribution in [0, 0.1) is 0 Å². The molecule has 144 valence electrons. The summed E-state index contributed by atoms with van der Waals surface area (Å²) in [5.41, 5.74) is 3.06. The van der Waals surface area contributed by atoms with Crippen molar-refractivity contribution in [1.82, 2.24) is 20.3 Å². The van der Waals surface area contributed by atoms with Crippen LogP contribution in [0.3, 0.4) is 0 Å². The lowest BCUT2D eigenvalue weighted by atomic mass is 10.1. The van der Waals surface area contributed by atoms with E-state index in [2.05, 4.69) is 15.6 Å². The average Bonchev–Trinajstić information content (AvgIpc) is 3.16. The van der Waals surface area contributed by atoms with Crippen molar-refractivity contribution in [1.29, 1.82) is 0 Å². The van der Waals surface area contributed by atoms with Crippen LogP contribution in [0.1, 0.15) is 33.4 Å². The van der Waals surface area contributed by atoms with Gasteiger partial charge in [0, 0.05) is 16.5 Å². The number of ether oxygens (including phenoxy) is 1. The molecule has 1 N–H and O–H groups in total. The Labute approximate surface area is 172 Å². The van der Waals surface area contributed by atoms with E-state index < -0.39 is 0 Å². The average molecular weight is 415 g/mol. The standard InChI is InChI=1S/C20H19ClN4O2S/c1-28-16-8-2-13(3-9-16)10-22-20(26)19-17-12-27-18(11-25(17)24-23-19)14-4-6-15(21)7-5-14/h2-9,18H,10-12H2,1H3,(H,22,26)/t18-/m0/s1. The molecule has 0 fully saturated rings. The number of rotatable bonds is 5. The zero-order valence-corrected chi connectivity index (χ0v) is 16.8. The summed E-state index contributed by atoms with van der Waals surface area (Å²) in [6, 6.07) is 15.6. The van der Waals surface area contributed by atoms with E-state index in [1.54, 1.807) is 16.4 Å². The summed E-state index contributed by atoms with van der Waals surface area (Å²) in [6.07, 6.45) is 1.89. The second-order valence-corrected chi connectivity index (χ2v) is 7.76. The Balaban J connectivity index is 1.41. The quantitative estimate of drug-likeness (QED) is 0.642. The fourth-order valence-electron chi connectivity index (χ4n) is 3.08. The van der Waals surface area contributed by atoms with E-state index in [0.29, 0.717) is 29.5 Å². The van der Waals surface area contributed by atoms with Crippen molar-refractivity contribution in [3.8, 4) is 0 Å². The molecule has 0 bridgehead atoms. The summed E-state index contributed by atoms with van der Waals surface area (Å²) in [7, 11) is 0. The first kappa shape index (κ1) is 19.0. The number of nitrogens with one attached hydrogen (secondary N) is 1. The lowest BCUT2D eigenvalue weighted by molar-refractivity contribution is -0.00176. The van der Waals surface area contributed by atoms with Gasteiger partial charge < -0.3 is 10.1 Å². The van der Waals surface area contributed by atoms with E-state index in [0.717, 1.165) is 11.1 Å². The topological polar surface area (TPSA) is 69.0 Å². The van der Waals surface area contributed by atoms with Crippen molar-refractivity contribution < 1.29 is 9.53 Å². The Bertz CT molecular complexity index is 973. The van der Waals surface area contributed by atoms with E-state index in [-0.39, 0.29) is 18.6 Å². The molecule has 0 saturated carbocycles. The molecule has 3 aromatic rings. The Morgan fingerprint density at radius 3 is 2.71 bits per heavy atom. The number of aromatic nitrogens is 3. The monoisotopic (exact) mass is 414 g/mol. The highest BCUT2D eigenvalue weighted by atomic mass is 35.5. The maximum Gasteiger partial charge on any atom is 0.274 e. The number of halogens is 1. The molecule has 0 unspecified atom stereocenters. The second-order valence-electron chi connectivity index (χ2n) is 6.45. The van der Waals surface area contributed by atoms with Crippen LogP contribution < -0.4 is 5.32 Å². The molecule has 2 heterocycles. The van der Waals surface area contributed by atoms with Gasteiger partial charge in [-0.15, -0.1) is 16.9 Å². The third-order valence-corrected chi connectivity index (χ3v) is 5.66. The number of amides is 1. The third kappa shape index (κ3) is 4.06. The molecule has 2 aromatic carbocycles. The molecule has 1 aliphatic heterocycles. The van der Waals surface area contributed by atoms with Gasteiger partial charge in [0.25, 0.3) is 5.91 Å². The first-order valence-electron chi connectivity index (χ1n) is 8.84. The number of nitrogens with zero attached hydrogens (tertiary/aromatic N) is 3. The van der Waals surface area contributed by atoms with Gasteiger partial charge in [0.2, 0.25) is 0 Å². The van der Waals surface area contributed by atoms with Crippen LogP contribution in [0.4, 0.5) is 0 Å². The van der Waals surface area contributed by atoms with Gasteiger partial charge in [-0.25, -0.2) is 4.68 Å². The van der Waals surface area contributed by atoms with Crippen LogP contribution >= 0.6 is 23.4 Å². The predicted octanol–water partition coefficient (Wildman–Crippen LogP) is 3.85. The summed E-state index contributed by atoms with van der Waals surface area (Å²) in [4.78, 5) is 13.8. The minimum absolute atomic E-state index is 0.141. The van der Waals surface area contributed by atoms with Crippen molar-refractivity contribution in [2.24, 2.45) is 0 Å². The largest absolute Gasteiger partial charge is 0.365 e. The van der Waals surface area contributed by atoms with Crippen LogP contribution in [0.2, 0.25) is 5.02 Å². The number of carbonyl (C=O) groups excluding carboxylic acids is 1. The Hall–Kier alpha value is -2.35. The van der Waals surface area contributed by atoms with Gasteiger partial charge in [-0.2, -0.15) is 0 Å². The molecule has 1 aromatic heterocycles. The van der Waals surface area contributed by atoms with Gasteiger partial charge in [-0.05, 0) is 41.6 Å². The summed E-state index contributed by atoms with van der Waals surface area (Å²) >= 11 is 7.63. The molecule has 8 heteroatoms. The molecule has 0 spiro atoms. The molecule has 1 atom stereocenters. The number of benzene rings is 2. The Kier molecular flexibility index (Phi) is 5.66. The summed E-state index contributed by atoms with van der Waals surface area (Å²) in [6.45, 7) is 1.23. The van der Waals surface area contributed by atoms with Crippen LogP contribution in [-0.2, 0) is 24.4 Å². The van der Waals surface area contributed by atoms with Gasteiger partial charge in [0.1, 0.15) is 6.10 Å². The Morgan fingerprint density at radius 1 is 1.25 bits per heavy atom. The molecule has 1 amide bonds. The lowest BCUT2D eigenvalue weighted by Crippen LogP contribution is -2.27. The molecule has 0 aliphatic carbocycles. The molecule has 0 saturated heterocycles. The van der Waals surface area contributed by atoms with E-state index in [1.807, 2.05) is 54.8 Å². The van der Waals surface area contributed by atoms with Crippen molar-refractivity contribution in [2.75, 3.05) is 6.26 Å².